The number of carbonyl (C=O) groups is 1. The Morgan fingerprint density at radius 2 is 1.86 bits per heavy atom. The van der Waals surface area contributed by atoms with Crippen molar-refractivity contribution in [3.05, 3.63) is 59.1 Å². The minimum absolute atomic E-state index is 0.285. The molecule has 4 nitrogen and oxygen atoms in total. The van der Waals surface area contributed by atoms with Gasteiger partial charge in [0.15, 0.2) is 0 Å². The van der Waals surface area contributed by atoms with E-state index in [9.17, 15) is 4.79 Å². The number of anilines is 1. The summed E-state index contributed by atoms with van der Waals surface area (Å²) < 4.78 is 10.6. The fraction of sp³-hybridized carbons (Fsp3) is 0.188. The number of ether oxygens (including phenoxy) is 2. The Kier molecular flexibility index (Phi) is 5.46. The zero-order chi connectivity index (χ0) is 15.1. The van der Waals surface area contributed by atoms with Gasteiger partial charge in [0.25, 0.3) is 0 Å². The van der Waals surface area contributed by atoms with Gasteiger partial charge in [0.1, 0.15) is 5.75 Å². The summed E-state index contributed by atoms with van der Waals surface area (Å²) in [5.41, 5.74) is 6.41. The number of carbonyl (C=O) groups excluding carboxylic acids is 1. The fourth-order valence-corrected chi connectivity index (χ4v) is 1.85. The average molecular weight is 306 g/mol. The van der Waals surface area contributed by atoms with Gasteiger partial charge in [-0.3, -0.25) is 0 Å². The SMILES string of the molecule is Nc1ccc(C(=O)OCCCOc2ccccc2)cc1Cl. The summed E-state index contributed by atoms with van der Waals surface area (Å²) in [5.74, 6) is 0.380. The molecule has 2 rings (SSSR count). The molecule has 0 saturated heterocycles. The zero-order valence-corrected chi connectivity index (χ0v) is 12.2. The number of nitrogens with two attached hydrogens (primary N) is 1. The molecule has 0 aliphatic rings. The van der Waals surface area contributed by atoms with Crippen LogP contribution in [0.1, 0.15) is 16.8 Å². The van der Waals surface area contributed by atoms with Crippen LogP contribution >= 0.6 is 11.6 Å². The van der Waals surface area contributed by atoms with E-state index in [2.05, 4.69) is 0 Å². The summed E-state index contributed by atoms with van der Waals surface area (Å²) in [6.07, 6.45) is 0.614. The summed E-state index contributed by atoms with van der Waals surface area (Å²) in [5, 5.41) is 0.344. The molecular formula is C16H16ClNO3. The number of benzene rings is 2. The van der Waals surface area contributed by atoms with Gasteiger partial charge >= 0.3 is 5.97 Å². The van der Waals surface area contributed by atoms with Crippen molar-refractivity contribution in [1.82, 2.24) is 0 Å². The number of hydrogen-bond donors (Lipinski definition) is 1. The molecule has 0 aliphatic heterocycles. The van der Waals surface area contributed by atoms with Gasteiger partial charge in [0, 0.05) is 6.42 Å². The van der Waals surface area contributed by atoms with Crippen LogP contribution in [-0.2, 0) is 4.74 Å². The molecule has 2 aromatic rings. The minimum atomic E-state index is -0.420. The van der Waals surface area contributed by atoms with Gasteiger partial charge in [-0.1, -0.05) is 29.8 Å². The van der Waals surface area contributed by atoms with Gasteiger partial charge in [0.2, 0.25) is 0 Å². The molecule has 2 aromatic carbocycles. The Balaban J connectivity index is 1.71. The zero-order valence-electron chi connectivity index (χ0n) is 11.4. The van der Waals surface area contributed by atoms with E-state index in [0.717, 1.165) is 5.75 Å². The number of halogens is 1. The van der Waals surface area contributed by atoms with E-state index in [1.807, 2.05) is 30.3 Å². The maximum absolute atomic E-state index is 11.8. The number of nitrogen functional groups attached to an aromatic ring is 1. The van der Waals surface area contributed by atoms with Crippen molar-refractivity contribution in [3.63, 3.8) is 0 Å². The van der Waals surface area contributed by atoms with Gasteiger partial charge in [0.05, 0.1) is 29.5 Å². The highest BCUT2D eigenvalue weighted by Gasteiger charge is 2.08. The van der Waals surface area contributed by atoms with Crippen molar-refractivity contribution >= 4 is 23.3 Å². The van der Waals surface area contributed by atoms with Crippen LogP contribution in [0.3, 0.4) is 0 Å². The Hall–Kier alpha value is -2.20. The molecule has 110 valence electrons. The molecule has 0 fully saturated rings. The molecule has 21 heavy (non-hydrogen) atoms. The summed E-state index contributed by atoms with van der Waals surface area (Å²) in [4.78, 5) is 11.8. The van der Waals surface area contributed by atoms with Crippen LogP contribution in [0.4, 0.5) is 5.69 Å². The molecular weight excluding hydrogens is 290 g/mol. The van der Waals surface area contributed by atoms with E-state index in [1.165, 1.54) is 6.07 Å². The van der Waals surface area contributed by atoms with Gasteiger partial charge < -0.3 is 15.2 Å². The van der Waals surface area contributed by atoms with Crippen molar-refractivity contribution in [3.8, 4) is 5.75 Å². The number of esters is 1. The van der Waals surface area contributed by atoms with Crippen molar-refractivity contribution in [2.24, 2.45) is 0 Å². The number of hydrogen-bond acceptors (Lipinski definition) is 4. The summed E-state index contributed by atoms with van der Waals surface area (Å²) >= 11 is 5.86. The lowest BCUT2D eigenvalue weighted by Gasteiger charge is -2.07. The Morgan fingerprint density at radius 1 is 1.10 bits per heavy atom. The molecule has 0 bridgehead atoms. The van der Waals surface area contributed by atoms with Crippen molar-refractivity contribution in [1.29, 1.82) is 0 Å². The number of rotatable bonds is 6. The van der Waals surface area contributed by atoms with E-state index >= 15 is 0 Å². The standard InChI is InChI=1S/C16H16ClNO3/c17-14-11-12(7-8-15(14)18)16(19)21-10-4-9-20-13-5-2-1-3-6-13/h1-3,5-8,11H,4,9-10,18H2. The molecule has 0 spiro atoms. The van der Waals surface area contributed by atoms with Crippen molar-refractivity contribution < 1.29 is 14.3 Å². The molecule has 0 heterocycles. The predicted molar refractivity (Wildman–Crippen MR) is 82.7 cm³/mol. The second kappa shape index (κ2) is 7.55. The normalized spacial score (nSPS) is 10.1. The predicted octanol–water partition coefficient (Wildman–Crippen LogP) is 3.55. The van der Waals surface area contributed by atoms with Crippen LogP contribution in [-0.4, -0.2) is 19.2 Å². The lowest BCUT2D eigenvalue weighted by atomic mass is 10.2. The van der Waals surface area contributed by atoms with Crippen molar-refractivity contribution in [2.75, 3.05) is 18.9 Å². The molecule has 0 radical (unpaired) electrons. The molecule has 0 aromatic heterocycles. The van der Waals surface area contributed by atoms with Crippen LogP contribution in [0, 0.1) is 0 Å². The van der Waals surface area contributed by atoms with Crippen LogP contribution in [0.25, 0.3) is 0 Å². The van der Waals surface area contributed by atoms with Gasteiger partial charge in [-0.05, 0) is 30.3 Å². The van der Waals surface area contributed by atoms with Crippen LogP contribution in [0.15, 0.2) is 48.5 Å². The molecule has 0 atom stereocenters. The molecule has 0 saturated carbocycles. The monoisotopic (exact) mass is 305 g/mol. The Morgan fingerprint density at radius 3 is 2.57 bits per heavy atom. The highest BCUT2D eigenvalue weighted by atomic mass is 35.5. The Labute approximate surface area is 128 Å². The third-order valence-corrected chi connectivity index (χ3v) is 3.10. The molecule has 2 N–H and O–H groups in total. The van der Waals surface area contributed by atoms with Crippen molar-refractivity contribution in [2.45, 2.75) is 6.42 Å². The minimum Gasteiger partial charge on any atom is -0.493 e. The summed E-state index contributed by atoms with van der Waals surface area (Å²) in [7, 11) is 0. The first-order chi connectivity index (χ1) is 10.2. The topological polar surface area (TPSA) is 61.6 Å². The van der Waals surface area contributed by atoms with Gasteiger partial charge in [-0.15, -0.1) is 0 Å². The smallest absolute Gasteiger partial charge is 0.338 e. The van der Waals surface area contributed by atoms with Gasteiger partial charge in [-0.2, -0.15) is 0 Å². The average Bonchev–Trinajstić information content (AvgIpc) is 2.50. The van der Waals surface area contributed by atoms with Crippen LogP contribution in [0.5, 0.6) is 5.75 Å². The quantitative estimate of drug-likeness (QED) is 0.503. The summed E-state index contributed by atoms with van der Waals surface area (Å²) in [6.45, 7) is 0.771. The van der Waals surface area contributed by atoms with E-state index < -0.39 is 5.97 Å². The largest absolute Gasteiger partial charge is 0.493 e. The second-order valence-corrected chi connectivity index (χ2v) is 4.79. The second-order valence-electron chi connectivity index (χ2n) is 4.39. The van der Waals surface area contributed by atoms with E-state index in [1.54, 1.807) is 12.1 Å². The first kappa shape index (κ1) is 15.2. The van der Waals surface area contributed by atoms with E-state index in [-0.39, 0.29) is 6.61 Å². The van der Waals surface area contributed by atoms with E-state index in [0.29, 0.717) is 29.3 Å². The lowest BCUT2D eigenvalue weighted by Crippen LogP contribution is -2.09. The third kappa shape index (κ3) is 4.68. The van der Waals surface area contributed by atoms with Gasteiger partial charge in [-0.25, -0.2) is 4.79 Å². The maximum Gasteiger partial charge on any atom is 0.338 e. The van der Waals surface area contributed by atoms with E-state index in [4.69, 9.17) is 26.8 Å². The molecule has 5 heteroatoms. The fourth-order valence-electron chi connectivity index (χ4n) is 1.67. The third-order valence-electron chi connectivity index (χ3n) is 2.77. The highest BCUT2D eigenvalue weighted by molar-refractivity contribution is 6.33. The molecule has 0 unspecified atom stereocenters. The summed E-state index contributed by atoms with van der Waals surface area (Å²) in [6, 6.07) is 14.2. The lowest BCUT2D eigenvalue weighted by molar-refractivity contribution is 0.0486. The first-order valence-corrected chi connectivity index (χ1v) is 6.94. The first-order valence-electron chi connectivity index (χ1n) is 6.57. The maximum atomic E-state index is 11.8. The highest BCUT2D eigenvalue weighted by Crippen LogP contribution is 2.20. The Bertz CT molecular complexity index is 602. The van der Waals surface area contributed by atoms with Crippen LogP contribution < -0.4 is 10.5 Å². The molecule has 0 aliphatic carbocycles. The number of para-hydroxylation sites is 1. The van der Waals surface area contributed by atoms with Crippen LogP contribution in [0.2, 0.25) is 5.02 Å². The molecule has 0 amide bonds.